The molecule has 23 heavy (non-hydrogen) atoms. The first-order valence-electron chi connectivity index (χ1n) is 7.20. The fraction of sp³-hybridized carbons (Fsp3) is 0.176. The number of nitrogens with zero attached hydrogens (tertiary/aromatic N) is 2. The number of hydrogen-bond donors (Lipinski definition) is 0. The first-order chi connectivity index (χ1) is 11.1. The van der Waals surface area contributed by atoms with Gasteiger partial charge in [-0.15, -0.1) is 8.78 Å². The third-order valence-corrected chi connectivity index (χ3v) is 3.74. The second kappa shape index (κ2) is 4.87. The summed E-state index contributed by atoms with van der Waals surface area (Å²) in [5.41, 5.74) is 3.78. The van der Waals surface area contributed by atoms with Gasteiger partial charge < -0.3 is 9.47 Å². The van der Waals surface area contributed by atoms with Crippen molar-refractivity contribution in [1.82, 2.24) is 9.97 Å². The van der Waals surface area contributed by atoms with Gasteiger partial charge in [-0.05, 0) is 12.0 Å². The van der Waals surface area contributed by atoms with Gasteiger partial charge in [0.15, 0.2) is 11.5 Å². The first kappa shape index (κ1) is 13.9. The van der Waals surface area contributed by atoms with E-state index in [4.69, 9.17) is 0 Å². The van der Waals surface area contributed by atoms with Crippen molar-refractivity contribution >= 4 is 11.0 Å². The Balaban J connectivity index is 1.85. The number of hydrogen-bond acceptors (Lipinski definition) is 4. The highest BCUT2D eigenvalue weighted by Crippen LogP contribution is 2.42. The lowest BCUT2D eigenvalue weighted by Gasteiger charge is -2.07. The van der Waals surface area contributed by atoms with Crippen molar-refractivity contribution in [2.75, 3.05) is 0 Å². The van der Waals surface area contributed by atoms with Gasteiger partial charge in [0.25, 0.3) is 0 Å². The molecule has 0 unspecified atom stereocenters. The van der Waals surface area contributed by atoms with E-state index in [0.717, 1.165) is 17.5 Å². The predicted molar refractivity (Wildman–Crippen MR) is 80.6 cm³/mol. The molecule has 0 spiro atoms. The molecule has 1 aliphatic heterocycles. The molecule has 0 N–H and O–H groups in total. The van der Waals surface area contributed by atoms with Crippen molar-refractivity contribution in [3.63, 3.8) is 0 Å². The Hall–Kier alpha value is -2.76. The molecule has 0 saturated carbocycles. The van der Waals surface area contributed by atoms with Crippen LogP contribution in [0.15, 0.2) is 42.6 Å². The van der Waals surface area contributed by atoms with Gasteiger partial charge in [0, 0.05) is 17.7 Å². The summed E-state index contributed by atoms with van der Waals surface area (Å²) in [6.07, 6.45) is -1.14. The van der Waals surface area contributed by atoms with Crippen LogP contribution >= 0.6 is 0 Å². The number of halogens is 2. The van der Waals surface area contributed by atoms with E-state index in [1.807, 2.05) is 24.3 Å². The van der Waals surface area contributed by atoms with Crippen LogP contribution in [0.4, 0.5) is 8.78 Å². The molecule has 0 radical (unpaired) electrons. The summed E-state index contributed by atoms with van der Waals surface area (Å²) in [7, 11) is 0. The van der Waals surface area contributed by atoms with Crippen molar-refractivity contribution in [2.45, 2.75) is 19.6 Å². The lowest BCUT2D eigenvalue weighted by Crippen LogP contribution is -2.25. The molecule has 0 saturated heterocycles. The van der Waals surface area contributed by atoms with Crippen LogP contribution in [-0.4, -0.2) is 16.3 Å². The van der Waals surface area contributed by atoms with Crippen molar-refractivity contribution < 1.29 is 18.3 Å². The molecule has 1 aromatic heterocycles. The minimum Gasteiger partial charge on any atom is -0.395 e. The fourth-order valence-electron chi connectivity index (χ4n) is 2.67. The molecule has 116 valence electrons. The number of fused-ring (bicyclic) bond motifs is 2. The van der Waals surface area contributed by atoms with Gasteiger partial charge in [-0.3, -0.25) is 4.98 Å². The molecular weight excluding hydrogens is 302 g/mol. The minimum atomic E-state index is -3.64. The molecule has 0 aliphatic carbocycles. The summed E-state index contributed by atoms with van der Waals surface area (Å²) in [5.74, 6) is -0.0590. The SMILES string of the molecule is CCc1ccccc1-c1cnc2cc3c(cc2n1)OC(F)(F)O3. The largest absolute Gasteiger partial charge is 0.586 e. The van der Waals surface area contributed by atoms with E-state index >= 15 is 0 Å². The molecule has 4 rings (SSSR count). The molecule has 2 heterocycles. The van der Waals surface area contributed by atoms with Gasteiger partial charge in [-0.1, -0.05) is 31.2 Å². The molecular formula is C17H12F2N2O2. The zero-order valence-electron chi connectivity index (χ0n) is 12.2. The van der Waals surface area contributed by atoms with Crippen molar-refractivity contribution in [1.29, 1.82) is 0 Å². The molecule has 2 aromatic carbocycles. The normalized spacial score (nSPS) is 15.1. The van der Waals surface area contributed by atoms with Crippen LogP contribution in [0.3, 0.4) is 0 Å². The van der Waals surface area contributed by atoms with Gasteiger partial charge in [-0.25, -0.2) is 4.98 Å². The van der Waals surface area contributed by atoms with Crippen LogP contribution in [0.1, 0.15) is 12.5 Å². The highest BCUT2D eigenvalue weighted by Gasteiger charge is 2.43. The summed E-state index contributed by atoms with van der Waals surface area (Å²) in [6, 6.07) is 10.7. The number of aromatic nitrogens is 2. The van der Waals surface area contributed by atoms with Gasteiger partial charge in [0.1, 0.15) is 0 Å². The Labute approximate surface area is 130 Å². The maximum Gasteiger partial charge on any atom is 0.586 e. The second-order valence-electron chi connectivity index (χ2n) is 5.22. The average Bonchev–Trinajstić information content (AvgIpc) is 2.84. The zero-order valence-corrected chi connectivity index (χ0v) is 12.2. The lowest BCUT2D eigenvalue weighted by molar-refractivity contribution is -0.286. The minimum absolute atomic E-state index is 0.0292. The lowest BCUT2D eigenvalue weighted by atomic mass is 10.0. The second-order valence-corrected chi connectivity index (χ2v) is 5.22. The molecule has 1 aliphatic rings. The molecule has 0 fully saturated rings. The summed E-state index contributed by atoms with van der Waals surface area (Å²) in [5, 5.41) is 0. The predicted octanol–water partition coefficient (Wildman–Crippen LogP) is 4.18. The topological polar surface area (TPSA) is 44.2 Å². The Morgan fingerprint density at radius 3 is 2.48 bits per heavy atom. The highest BCUT2D eigenvalue weighted by atomic mass is 19.3. The van der Waals surface area contributed by atoms with Crippen LogP contribution in [0.2, 0.25) is 0 Å². The van der Waals surface area contributed by atoms with Crippen LogP contribution in [-0.2, 0) is 6.42 Å². The smallest absolute Gasteiger partial charge is 0.395 e. The number of rotatable bonds is 2. The first-order valence-corrected chi connectivity index (χ1v) is 7.20. The van der Waals surface area contributed by atoms with Crippen LogP contribution in [0.5, 0.6) is 11.5 Å². The van der Waals surface area contributed by atoms with E-state index in [2.05, 4.69) is 26.4 Å². The van der Waals surface area contributed by atoms with Crippen LogP contribution in [0, 0.1) is 0 Å². The highest BCUT2D eigenvalue weighted by molar-refractivity contribution is 5.81. The van der Waals surface area contributed by atoms with E-state index in [1.54, 1.807) is 6.20 Å². The summed E-state index contributed by atoms with van der Waals surface area (Å²) < 4.78 is 35.2. The number of ether oxygens (including phenoxy) is 2. The third kappa shape index (κ3) is 2.36. The molecule has 3 aromatic rings. The van der Waals surface area contributed by atoms with E-state index in [1.165, 1.54) is 12.1 Å². The zero-order chi connectivity index (χ0) is 16.0. The maximum absolute atomic E-state index is 13.1. The van der Waals surface area contributed by atoms with E-state index < -0.39 is 6.29 Å². The molecule has 0 amide bonds. The molecule has 0 bridgehead atoms. The van der Waals surface area contributed by atoms with Gasteiger partial charge in [-0.2, -0.15) is 0 Å². The van der Waals surface area contributed by atoms with Gasteiger partial charge >= 0.3 is 6.29 Å². The van der Waals surface area contributed by atoms with Crippen LogP contribution < -0.4 is 9.47 Å². The quantitative estimate of drug-likeness (QED) is 0.712. The molecule has 6 heteroatoms. The Bertz CT molecular complexity index is 912. The molecule has 4 nitrogen and oxygen atoms in total. The number of benzene rings is 2. The standard InChI is InChI=1S/C17H12F2N2O2/c1-2-10-5-3-4-6-11(10)14-9-20-12-7-15-16(8-13(12)21-14)23-17(18,19)22-15/h3-9H,2H2,1H3. The monoisotopic (exact) mass is 314 g/mol. The average molecular weight is 314 g/mol. The van der Waals surface area contributed by atoms with Gasteiger partial charge in [0.05, 0.1) is 22.9 Å². The Morgan fingerprint density at radius 1 is 1.04 bits per heavy atom. The maximum atomic E-state index is 13.1. The number of alkyl halides is 2. The van der Waals surface area contributed by atoms with Crippen molar-refractivity contribution in [3.05, 3.63) is 48.2 Å². The molecule has 0 atom stereocenters. The van der Waals surface area contributed by atoms with E-state index in [0.29, 0.717) is 16.7 Å². The van der Waals surface area contributed by atoms with E-state index in [9.17, 15) is 8.78 Å². The number of aryl methyl sites for hydroxylation is 1. The van der Waals surface area contributed by atoms with Crippen LogP contribution in [0.25, 0.3) is 22.3 Å². The van der Waals surface area contributed by atoms with Crippen molar-refractivity contribution in [2.24, 2.45) is 0 Å². The summed E-state index contributed by atoms with van der Waals surface area (Å²) in [6.45, 7) is 2.06. The fourth-order valence-corrected chi connectivity index (χ4v) is 2.67. The van der Waals surface area contributed by atoms with E-state index in [-0.39, 0.29) is 11.5 Å². The summed E-state index contributed by atoms with van der Waals surface area (Å²) >= 11 is 0. The Morgan fingerprint density at radius 2 is 1.74 bits per heavy atom. The summed E-state index contributed by atoms with van der Waals surface area (Å²) in [4.78, 5) is 8.85. The van der Waals surface area contributed by atoms with Gasteiger partial charge in [0.2, 0.25) is 0 Å². The third-order valence-electron chi connectivity index (χ3n) is 3.74. The Kier molecular flexibility index (Phi) is 2.94. The van der Waals surface area contributed by atoms with Crippen molar-refractivity contribution in [3.8, 4) is 22.8 Å².